The number of H-pyrrole nitrogens is 1. The number of hydrogen-bond donors (Lipinski definition) is 2. The second-order valence-electron chi connectivity index (χ2n) is 4.80. The highest BCUT2D eigenvalue weighted by Crippen LogP contribution is 2.22. The zero-order valence-electron chi connectivity index (χ0n) is 12.4. The predicted octanol–water partition coefficient (Wildman–Crippen LogP) is 2.59. The smallest absolute Gasteiger partial charge is 0.137 e. The van der Waals surface area contributed by atoms with Gasteiger partial charge in [0.1, 0.15) is 18.2 Å². The van der Waals surface area contributed by atoms with Gasteiger partial charge in [-0.25, -0.2) is 4.98 Å². The molecule has 1 aromatic heterocycles. The summed E-state index contributed by atoms with van der Waals surface area (Å²) in [5.74, 6) is 1.78. The van der Waals surface area contributed by atoms with Crippen LogP contribution in [0.4, 0.5) is 0 Å². The fraction of sp³-hybridized carbons (Fsp3) is 0.400. The Morgan fingerprint density at radius 2 is 1.91 bits per heavy atom. The van der Waals surface area contributed by atoms with Gasteiger partial charge in [-0.1, -0.05) is 0 Å². The van der Waals surface area contributed by atoms with Gasteiger partial charge < -0.3 is 19.8 Å². The highest BCUT2D eigenvalue weighted by atomic mass is 35.5. The maximum absolute atomic E-state index is 5.55. The van der Waals surface area contributed by atoms with Gasteiger partial charge in [-0.2, -0.15) is 0 Å². The molecule has 0 spiro atoms. The number of aromatic amines is 1. The van der Waals surface area contributed by atoms with E-state index < -0.39 is 0 Å². The van der Waals surface area contributed by atoms with Crippen molar-refractivity contribution in [1.82, 2.24) is 15.3 Å². The molecule has 0 bridgehead atoms. The highest BCUT2D eigenvalue weighted by Gasteiger charge is 2.14. The molecule has 0 amide bonds. The average Bonchev–Trinajstić information content (AvgIpc) is 2.92. The first-order valence-electron chi connectivity index (χ1n) is 6.87. The van der Waals surface area contributed by atoms with Crippen molar-refractivity contribution in [3.63, 3.8) is 0 Å². The van der Waals surface area contributed by atoms with Crippen molar-refractivity contribution in [3.8, 4) is 17.1 Å². The number of nitrogens with zero attached hydrogens (tertiary/aromatic N) is 1. The number of hydrogen-bond acceptors (Lipinski definition) is 4. The average molecular weight is 346 g/mol. The van der Waals surface area contributed by atoms with Crippen LogP contribution in [0.25, 0.3) is 11.4 Å². The van der Waals surface area contributed by atoms with Crippen LogP contribution in [0.3, 0.4) is 0 Å². The zero-order chi connectivity index (χ0) is 13.8. The van der Waals surface area contributed by atoms with Gasteiger partial charge in [-0.05, 0) is 24.3 Å². The van der Waals surface area contributed by atoms with Gasteiger partial charge in [0.2, 0.25) is 0 Å². The molecule has 2 heterocycles. The number of methoxy groups -OCH3 is 1. The van der Waals surface area contributed by atoms with Crippen LogP contribution in [0, 0.1) is 0 Å². The molecule has 0 saturated heterocycles. The first kappa shape index (κ1) is 18.8. The van der Waals surface area contributed by atoms with Crippen LogP contribution in [0.5, 0.6) is 5.75 Å². The molecule has 0 unspecified atom stereocenters. The van der Waals surface area contributed by atoms with E-state index in [1.165, 1.54) is 11.4 Å². The lowest BCUT2D eigenvalue weighted by Crippen LogP contribution is -2.23. The van der Waals surface area contributed by atoms with Crippen molar-refractivity contribution >= 4 is 24.8 Å². The highest BCUT2D eigenvalue weighted by molar-refractivity contribution is 5.85. The Kier molecular flexibility index (Phi) is 7.68. The Hall–Kier alpha value is -1.27. The standard InChI is InChI=1S/C15H19N3O2.2ClH/c1-19-8-9-20-12-4-2-11(3-5-12)15-17-13-6-7-16-10-14(13)18-15;;/h2-5,16H,6-10H2,1H3,(H,17,18);2*1H. The number of halogens is 2. The lowest BCUT2D eigenvalue weighted by molar-refractivity contribution is 0.146. The summed E-state index contributed by atoms with van der Waals surface area (Å²) in [7, 11) is 1.67. The third-order valence-electron chi connectivity index (χ3n) is 3.39. The summed E-state index contributed by atoms with van der Waals surface area (Å²) >= 11 is 0. The van der Waals surface area contributed by atoms with E-state index in [4.69, 9.17) is 9.47 Å². The van der Waals surface area contributed by atoms with Crippen LogP contribution in [0.1, 0.15) is 11.4 Å². The lowest BCUT2D eigenvalue weighted by Gasteiger charge is -2.09. The molecule has 1 aliphatic rings. The van der Waals surface area contributed by atoms with Gasteiger partial charge in [-0.3, -0.25) is 0 Å². The van der Waals surface area contributed by atoms with Crippen LogP contribution in [0.15, 0.2) is 24.3 Å². The number of benzene rings is 1. The van der Waals surface area contributed by atoms with Gasteiger partial charge in [-0.15, -0.1) is 24.8 Å². The molecular formula is C15H21Cl2N3O2. The minimum Gasteiger partial charge on any atom is -0.491 e. The monoisotopic (exact) mass is 345 g/mol. The molecule has 7 heteroatoms. The maximum atomic E-state index is 5.55. The maximum Gasteiger partial charge on any atom is 0.137 e. The number of fused-ring (bicyclic) bond motifs is 1. The van der Waals surface area contributed by atoms with E-state index in [0.29, 0.717) is 13.2 Å². The first-order valence-corrected chi connectivity index (χ1v) is 6.87. The molecule has 0 radical (unpaired) electrons. The van der Waals surface area contributed by atoms with Crippen LogP contribution in [-0.2, 0) is 17.7 Å². The minimum atomic E-state index is 0. The predicted molar refractivity (Wildman–Crippen MR) is 91.3 cm³/mol. The summed E-state index contributed by atoms with van der Waals surface area (Å²) in [6, 6.07) is 7.98. The van der Waals surface area contributed by atoms with Gasteiger partial charge >= 0.3 is 0 Å². The Balaban J connectivity index is 0.00000121. The molecule has 0 aliphatic carbocycles. The molecule has 0 fully saturated rings. The van der Waals surface area contributed by atoms with Crippen molar-refractivity contribution in [3.05, 3.63) is 35.7 Å². The number of imidazole rings is 1. The van der Waals surface area contributed by atoms with Gasteiger partial charge in [0, 0.05) is 32.2 Å². The molecule has 0 atom stereocenters. The molecule has 0 saturated carbocycles. The molecule has 1 aromatic carbocycles. The normalized spacial score (nSPS) is 12.8. The summed E-state index contributed by atoms with van der Waals surface area (Å²) in [5.41, 5.74) is 3.46. The lowest BCUT2D eigenvalue weighted by atomic mass is 10.2. The van der Waals surface area contributed by atoms with E-state index in [1.807, 2.05) is 24.3 Å². The zero-order valence-corrected chi connectivity index (χ0v) is 14.1. The van der Waals surface area contributed by atoms with Crippen molar-refractivity contribution < 1.29 is 9.47 Å². The molecule has 2 aromatic rings. The second-order valence-corrected chi connectivity index (χ2v) is 4.80. The fourth-order valence-corrected chi connectivity index (χ4v) is 2.31. The fourth-order valence-electron chi connectivity index (χ4n) is 2.31. The first-order chi connectivity index (χ1) is 9.86. The topological polar surface area (TPSA) is 59.2 Å². The van der Waals surface area contributed by atoms with E-state index in [-0.39, 0.29) is 24.8 Å². The quantitative estimate of drug-likeness (QED) is 0.817. The van der Waals surface area contributed by atoms with E-state index in [2.05, 4.69) is 15.3 Å². The van der Waals surface area contributed by atoms with Gasteiger partial charge in [0.05, 0.1) is 18.0 Å². The Bertz CT molecular complexity index is 549. The molecule has 5 nitrogen and oxygen atoms in total. The largest absolute Gasteiger partial charge is 0.491 e. The molecule has 1 aliphatic heterocycles. The van der Waals surface area contributed by atoms with E-state index in [9.17, 15) is 0 Å². The van der Waals surface area contributed by atoms with E-state index in [1.54, 1.807) is 7.11 Å². The summed E-state index contributed by atoms with van der Waals surface area (Å²) in [5, 5.41) is 3.34. The number of ether oxygens (including phenoxy) is 2. The third-order valence-corrected chi connectivity index (χ3v) is 3.39. The molecule has 3 rings (SSSR count). The van der Waals surface area contributed by atoms with Crippen molar-refractivity contribution in [2.75, 3.05) is 26.9 Å². The molecular weight excluding hydrogens is 325 g/mol. The van der Waals surface area contributed by atoms with E-state index in [0.717, 1.165) is 36.6 Å². The van der Waals surface area contributed by atoms with Crippen molar-refractivity contribution in [2.24, 2.45) is 0 Å². The number of nitrogens with one attached hydrogen (secondary N) is 2. The number of aromatic nitrogens is 2. The second kappa shape index (κ2) is 9.00. The minimum absolute atomic E-state index is 0. The van der Waals surface area contributed by atoms with Crippen LogP contribution < -0.4 is 10.1 Å². The Morgan fingerprint density at radius 1 is 1.14 bits per heavy atom. The van der Waals surface area contributed by atoms with Gasteiger partial charge in [0.15, 0.2) is 0 Å². The Morgan fingerprint density at radius 3 is 2.59 bits per heavy atom. The summed E-state index contributed by atoms with van der Waals surface area (Å²) in [6.07, 6.45) is 0.990. The SMILES string of the molecule is COCCOc1ccc(-c2nc3c([nH]2)CNCC3)cc1.Cl.Cl. The van der Waals surface area contributed by atoms with Crippen molar-refractivity contribution in [2.45, 2.75) is 13.0 Å². The van der Waals surface area contributed by atoms with Crippen LogP contribution >= 0.6 is 24.8 Å². The number of rotatable bonds is 5. The Labute approximate surface area is 142 Å². The van der Waals surface area contributed by atoms with Crippen molar-refractivity contribution in [1.29, 1.82) is 0 Å². The summed E-state index contributed by atoms with van der Waals surface area (Å²) in [6.45, 7) is 3.04. The van der Waals surface area contributed by atoms with E-state index >= 15 is 0 Å². The van der Waals surface area contributed by atoms with Crippen LogP contribution in [0.2, 0.25) is 0 Å². The summed E-state index contributed by atoms with van der Waals surface area (Å²) < 4.78 is 10.5. The summed E-state index contributed by atoms with van der Waals surface area (Å²) in [4.78, 5) is 8.06. The van der Waals surface area contributed by atoms with Gasteiger partial charge in [0.25, 0.3) is 0 Å². The van der Waals surface area contributed by atoms with Crippen LogP contribution in [-0.4, -0.2) is 36.8 Å². The molecule has 122 valence electrons. The molecule has 2 N–H and O–H groups in total. The third kappa shape index (κ3) is 4.36. The molecule has 22 heavy (non-hydrogen) atoms.